The van der Waals surface area contributed by atoms with Crippen molar-refractivity contribution in [2.24, 2.45) is 17.8 Å². The molecule has 4 fully saturated rings. The Balaban J connectivity index is 1.43. The van der Waals surface area contributed by atoms with Gasteiger partial charge in [0.05, 0.1) is 48.3 Å². The first-order valence-corrected chi connectivity index (χ1v) is 35.0. The van der Waals surface area contributed by atoms with Crippen LogP contribution in [-0.2, 0) is 76.6 Å². The Morgan fingerprint density at radius 3 is 1.84 bits per heavy atom. The summed E-state index contributed by atoms with van der Waals surface area (Å²) in [5, 5.41) is 17.5. The van der Waals surface area contributed by atoms with Crippen LogP contribution in [0.2, 0.25) is 5.02 Å². The van der Waals surface area contributed by atoms with Gasteiger partial charge in [0.25, 0.3) is 0 Å². The van der Waals surface area contributed by atoms with Gasteiger partial charge in [-0.2, -0.15) is 18.4 Å². The largest absolute Gasteiger partial charge is 0.417 e. The van der Waals surface area contributed by atoms with E-state index in [1.165, 1.54) is 87.1 Å². The Kier molecular flexibility index (Phi) is 28.5. The van der Waals surface area contributed by atoms with E-state index in [0.29, 0.717) is 62.7 Å². The zero-order valence-electron chi connectivity index (χ0n) is 60.0. The number of benzene rings is 2. The summed E-state index contributed by atoms with van der Waals surface area (Å²) in [6, 6.07) is 2.05. The van der Waals surface area contributed by atoms with Crippen LogP contribution in [0.1, 0.15) is 147 Å². The zero-order valence-corrected chi connectivity index (χ0v) is 60.8. The highest BCUT2D eigenvalue weighted by Gasteiger charge is 2.51. The number of nitriles is 1. The molecule has 3 heterocycles. The molecule has 550 valence electrons. The fraction of sp³-hybridized carbons (Fsp3) is 0.648. The van der Waals surface area contributed by atoms with Crippen molar-refractivity contribution in [2.75, 3.05) is 88.6 Å². The van der Waals surface area contributed by atoms with E-state index in [4.69, 9.17) is 11.6 Å². The normalized spacial score (nSPS) is 24.6. The van der Waals surface area contributed by atoms with Gasteiger partial charge in [-0.1, -0.05) is 90.6 Å². The van der Waals surface area contributed by atoms with Crippen LogP contribution in [0.25, 0.3) is 0 Å². The molecule has 29 heteroatoms. The lowest BCUT2D eigenvalue weighted by Gasteiger charge is -2.42. The predicted molar refractivity (Wildman–Crippen MR) is 366 cm³/mol. The minimum atomic E-state index is -4.78. The van der Waals surface area contributed by atoms with E-state index in [1.807, 2.05) is 19.9 Å². The second-order valence-corrected chi connectivity index (χ2v) is 28.7. The van der Waals surface area contributed by atoms with Crippen LogP contribution in [0.15, 0.2) is 42.5 Å². The van der Waals surface area contributed by atoms with Gasteiger partial charge < -0.3 is 60.0 Å². The average molecular weight is 1420 g/mol. The Morgan fingerprint density at radius 2 is 1.26 bits per heavy atom. The van der Waals surface area contributed by atoms with Crippen LogP contribution in [0.5, 0.6) is 0 Å². The lowest BCUT2D eigenvalue weighted by atomic mass is 9.91. The molecule has 3 aliphatic heterocycles. The number of piperidine rings is 1. The van der Waals surface area contributed by atoms with Crippen molar-refractivity contribution in [1.29, 1.82) is 5.26 Å². The van der Waals surface area contributed by atoms with Gasteiger partial charge in [0.2, 0.25) is 70.9 Å². The summed E-state index contributed by atoms with van der Waals surface area (Å²) in [4.78, 5) is 189. The van der Waals surface area contributed by atoms with Crippen molar-refractivity contribution in [1.82, 2.24) is 60.0 Å². The summed E-state index contributed by atoms with van der Waals surface area (Å²) in [7, 11) is 9.52. The number of hydrogen-bond donors (Lipinski definition) is 3. The first-order chi connectivity index (χ1) is 47.0. The number of likely N-dealkylation sites (tertiary alicyclic amines) is 1. The van der Waals surface area contributed by atoms with Crippen LogP contribution < -0.4 is 16.0 Å². The number of fused-ring (bicyclic) bond motifs is 1. The molecule has 100 heavy (non-hydrogen) atoms. The molecule has 1 spiro atoms. The molecule has 6 rings (SSSR count). The monoisotopic (exact) mass is 1420 g/mol. The molecule has 0 aromatic heterocycles. The van der Waals surface area contributed by atoms with E-state index >= 15 is 19.2 Å². The van der Waals surface area contributed by atoms with E-state index in [2.05, 4.69) is 16.0 Å². The minimum absolute atomic E-state index is 0.00220. The maximum Gasteiger partial charge on any atom is 0.417 e. The summed E-state index contributed by atoms with van der Waals surface area (Å²) < 4.78 is 41.5. The van der Waals surface area contributed by atoms with Crippen LogP contribution in [-0.4, -0.2) is 251 Å². The molecule has 3 N–H and O–H groups in total. The van der Waals surface area contributed by atoms with Crippen LogP contribution in [0.3, 0.4) is 0 Å². The van der Waals surface area contributed by atoms with Crippen LogP contribution in [0.4, 0.5) is 13.2 Å². The lowest BCUT2D eigenvalue weighted by Crippen LogP contribution is -2.65. The number of nitrogens with zero attached hydrogens (tertiary/aromatic N) is 10. The number of alkyl halides is 3. The molecule has 4 aliphatic rings. The molecule has 25 nitrogen and oxygen atoms in total. The van der Waals surface area contributed by atoms with Gasteiger partial charge in [-0.3, -0.25) is 57.5 Å². The maximum absolute atomic E-state index is 15.4. The average Bonchev–Trinajstić information content (AvgIpc) is 1.66. The first kappa shape index (κ1) is 80.6. The highest BCUT2D eigenvalue weighted by molar-refractivity contribution is 6.31. The van der Waals surface area contributed by atoms with Gasteiger partial charge in [-0.15, -0.1) is 0 Å². The molecule has 2 aromatic carbocycles. The van der Waals surface area contributed by atoms with Gasteiger partial charge in [-0.05, 0) is 117 Å². The molecular formula is C71H101ClF3N13O12. The SMILES string of the molecule is CC[C@H](C)[C@@H]1NC(=O)[C@H](CC(C)C)N(C)C(=O)C[C@@H](C(=O)N2CCCCC2)N(C)C(=O)[C@H](C(C)C)N(C)C(=O)C2(CCCC2)NC(=O)[C@@H]2CCCN2C(=O)[C@H](CCc2ccc(C(F)(F)F)c(Cl)c2)NC(=O)CN(C)C(=O)[C@H](Cc2ccc(C#N)cc2)N(C)C(=O)CN(C)C(=O)CN(C)C1=O. The number of carbonyl (C=O) groups is 12. The number of nitrogens with one attached hydrogen (secondary N) is 3. The van der Waals surface area contributed by atoms with Crippen LogP contribution >= 0.6 is 11.6 Å². The number of rotatable bonds is 11. The molecule has 2 aromatic rings. The van der Waals surface area contributed by atoms with E-state index in [9.17, 15) is 56.8 Å². The van der Waals surface area contributed by atoms with Crippen molar-refractivity contribution >= 4 is 82.5 Å². The standard InChI is InChI=1S/C71H101ClF3N13O12/c1-14-45(6)60-67(98)82(9)41-58(91)80(7)42-59(92)84(11)54(37-47-22-24-48(39-76)25-23-47)65(96)81(8)40-56(89)77-51(29-27-46-26-28-49(50(72)36-46)71(73,74)75)64(95)88-34-20-21-52(88)63(94)79-70(30-16-17-31-70)69(100)86(13)61(44(4)5)68(99)85(12)55(66(97)87-32-18-15-19-33-87)38-57(90)83(10)53(35-43(2)3)62(93)78-60/h22-26,28,36,43-45,51-55,60-61H,14-21,27,29-35,37-38,40-42H2,1-13H3,(H,77,89)(H,78,93)(H,79,94)/t45-,51-,52-,53-,54-,55-,60-,61-/m0/s1. The Labute approximate surface area is 590 Å². The van der Waals surface area contributed by atoms with Crippen molar-refractivity contribution < 1.29 is 70.7 Å². The van der Waals surface area contributed by atoms with E-state index < -0.39 is 173 Å². The highest BCUT2D eigenvalue weighted by Crippen LogP contribution is 2.37. The molecule has 3 saturated heterocycles. The number of carbonyl (C=O) groups excluding carboxylic acids is 12. The number of hydrogen-bond acceptors (Lipinski definition) is 13. The van der Waals surface area contributed by atoms with Gasteiger partial charge in [0, 0.05) is 75.4 Å². The molecule has 8 atom stereocenters. The first-order valence-electron chi connectivity index (χ1n) is 34.6. The topological polar surface area (TPSA) is 294 Å². The van der Waals surface area contributed by atoms with Gasteiger partial charge in [-0.25, -0.2) is 0 Å². The molecule has 0 bridgehead atoms. The second kappa shape index (κ2) is 35.3. The lowest BCUT2D eigenvalue weighted by molar-refractivity contribution is -0.156. The third-order valence-electron chi connectivity index (χ3n) is 20.1. The molecule has 1 saturated carbocycles. The zero-order chi connectivity index (χ0) is 74.4. The van der Waals surface area contributed by atoms with Crippen LogP contribution in [0, 0.1) is 29.1 Å². The van der Waals surface area contributed by atoms with Gasteiger partial charge in [0.15, 0.2) is 0 Å². The summed E-state index contributed by atoms with van der Waals surface area (Å²) >= 11 is 6.13. The van der Waals surface area contributed by atoms with E-state index in [1.54, 1.807) is 44.7 Å². The van der Waals surface area contributed by atoms with Gasteiger partial charge in [0.1, 0.15) is 47.8 Å². The van der Waals surface area contributed by atoms with Crippen molar-refractivity contribution in [3.63, 3.8) is 0 Å². The van der Waals surface area contributed by atoms with Gasteiger partial charge >= 0.3 is 6.18 Å². The molecule has 0 radical (unpaired) electrons. The second-order valence-electron chi connectivity index (χ2n) is 28.3. The highest BCUT2D eigenvalue weighted by atomic mass is 35.5. The number of likely N-dealkylation sites (N-methyl/N-ethyl adjacent to an activating group) is 7. The Morgan fingerprint density at radius 1 is 0.660 bits per heavy atom. The third kappa shape index (κ3) is 20.0. The smallest absolute Gasteiger partial charge is 0.343 e. The van der Waals surface area contributed by atoms with E-state index in [0.717, 1.165) is 38.2 Å². The summed E-state index contributed by atoms with van der Waals surface area (Å²) in [6.45, 7) is 9.44. The summed E-state index contributed by atoms with van der Waals surface area (Å²) in [6.07, 6.45) is -1.59. The minimum Gasteiger partial charge on any atom is -0.343 e. The number of aryl methyl sites for hydroxylation is 1. The van der Waals surface area contributed by atoms with Crippen molar-refractivity contribution in [2.45, 2.75) is 192 Å². The van der Waals surface area contributed by atoms with Crippen molar-refractivity contribution in [3.8, 4) is 6.07 Å². The third-order valence-corrected chi connectivity index (χ3v) is 20.4. The van der Waals surface area contributed by atoms with E-state index in [-0.39, 0.29) is 63.0 Å². The predicted octanol–water partition coefficient (Wildman–Crippen LogP) is 4.64. The molecule has 1 aliphatic carbocycles. The van der Waals surface area contributed by atoms with Crippen molar-refractivity contribution in [3.05, 3.63) is 69.7 Å². The summed E-state index contributed by atoms with van der Waals surface area (Å²) in [5.74, 6) is -9.84. The number of amides is 12. The number of halogens is 4. The fourth-order valence-electron chi connectivity index (χ4n) is 13.8. The molecule has 12 amide bonds. The molecule has 0 unspecified atom stereocenters. The fourth-order valence-corrected chi connectivity index (χ4v) is 14.1. The maximum atomic E-state index is 15.4. The molecular weight excluding hydrogens is 1320 g/mol. The Hall–Kier alpha value is -8.35. The Bertz CT molecular complexity index is 3370. The quantitative estimate of drug-likeness (QED) is 0.277. The summed E-state index contributed by atoms with van der Waals surface area (Å²) in [5.41, 5.74) is -1.64.